The third kappa shape index (κ3) is 3.81. The molecule has 38 heavy (non-hydrogen) atoms. The van der Waals surface area contributed by atoms with Gasteiger partial charge in [-0.1, -0.05) is 133 Å². The zero-order chi connectivity index (χ0) is 25.6. The number of fused-ring (bicyclic) bond motifs is 2. The third-order valence-electron chi connectivity index (χ3n) is 9.58. The molecule has 0 saturated heterocycles. The molecule has 4 aromatic rings. The second-order valence-corrected chi connectivity index (χ2v) is 11.7. The highest BCUT2D eigenvalue weighted by atomic mass is 14.5. The van der Waals surface area contributed by atoms with Gasteiger partial charge in [0.05, 0.1) is 0 Å². The fraction of sp³-hybridized carbons (Fsp3) is 0.263. The normalized spacial score (nSPS) is 23.9. The van der Waals surface area contributed by atoms with Crippen LogP contribution in [0.4, 0.5) is 0 Å². The Bertz CT molecular complexity index is 1420. The lowest BCUT2D eigenvalue weighted by Gasteiger charge is -2.41. The summed E-state index contributed by atoms with van der Waals surface area (Å²) in [7, 11) is 0. The number of rotatable bonds is 4. The van der Waals surface area contributed by atoms with Crippen LogP contribution in [0.2, 0.25) is 0 Å². The van der Waals surface area contributed by atoms with E-state index in [9.17, 15) is 0 Å². The van der Waals surface area contributed by atoms with Crippen LogP contribution >= 0.6 is 0 Å². The van der Waals surface area contributed by atoms with Gasteiger partial charge in [0.15, 0.2) is 0 Å². The van der Waals surface area contributed by atoms with E-state index in [4.69, 9.17) is 0 Å². The summed E-state index contributed by atoms with van der Waals surface area (Å²) in [4.78, 5) is 0. The lowest BCUT2D eigenvalue weighted by molar-refractivity contribution is 0.195. The summed E-state index contributed by atoms with van der Waals surface area (Å²) >= 11 is 0. The van der Waals surface area contributed by atoms with Gasteiger partial charge in [0.2, 0.25) is 0 Å². The highest BCUT2D eigenvalue weighted by Gasteiger charge is 2.43. The van der Waals surface area contributed by atoms with Gasteiger partial charge in [-0.05, 0) is 83.0 Å². The Morgan fingerprint density at radius 2 is 0.895 bits per heavy atom. The summed E-state index contributed by atoms with van der Waals surface area (Å²) in [6.45, 7) is 4.79. The zero-order valence-electron chi connectivity index (χ0n) is 22.5. The monoisotopic (exact) mass is 492 g/mol. The van der Waals surface area contributed by atoms with Crippen molar-refractivity contribution in [2.75, 3.05) is 0 Å². The molecule has 4 atom stereocenters. The molecule has 0 nitrogen and oxygen atoms in total. The van der Waals surface area contributed by atoms with E-state index >= 15 is 0 Å². The van der Waals surface area contributed by atoms with Crippen LogP contribution in [0.25, 0.3) is 34.4 Å². The SMILES string of the molecule is CC1=Cc2c(-c3ccccc3)cccc2C1C1CCCCC1C1C(C)=Cc2c(-c3ccccc3)cccc21. The maximum Gasteiger partial charge on any atom is 0.00861 e. The van der Waals surface area contributed by atoms with E-state index < -0.39 is 0 Å². The molecule has 0 aromatic heterocycles. The first-order valence-electron chi connectivity index (χ1n) is 14.4. The van der Waals surface area contributed by atoms with Gasteiger partial charge in [0.1, 0.15) is 0 Å². The van der Waals surface area contributed by atoms with Crippen LogP contribution in [0.3, 0.4) is 0 Å². The number of benzene rings is 4. The van der Waals surface area contributed by atoms with Gasteiger partial charge in [0, 0.05) is 11.8 Å². The van der Waals surface area contributed by atoms with Crippen molar-refractivity contribution in [1.82, 2.24) is 0 Å². The molecule has 3 aliphatic carbocycles. The Morgan fingerprint density at radius 1 is 0.474 bits per heavy atom. The first kappa shape index (κ1) is 23.5. The lowest BCUT2D eigenvalue weighted by Crippen LogP contribution is -2.30. The second kappa shape index (κ2) is 9.59. The molecular weight excluding hydrogens is 456 g/mol. The molecule has 0 bridgehead atoms. The molecule has 4 aromatic carbocycles. The van der Waals surface area contributed by atoms with Gasteiger partial charge in [-0.25, -0.2) is 0 Å². The Hall–Kier alpha value is -3.64. The van der Waals surface area contributed by atoms with E-state index in [0.717, 1.165) is 0 Å². The van der Waals surface area contributed by atoms with Crippen molar-refractivity contribution < 1.29 is 0 Å². The Kier molecular flexibility index (Phi) is 5.92. The molecule has 188 valence electrons. The Morgan fingerprint density at radius 3 is 1.32 bits per heavy atom. The number of allylic oxidation sites excluding steroid dienone is 2. The van der Waals surface area contributed by atoms with Crippen molar-refractivity contribution in [3.05, 3.63) is 130 Å². The van der Waals surface area contributed by atoms with E-state index in [1.807, 2.05) is 0 Å². The molecule has 0 radical (unpaired) electrons. The first-order valence-corrected chi connectivity index (χ1v) is 14.4. The molecule has 0 amide bonds. The van der Waals surface area contributed by atoms with Crippen molar-refractivity contribution in [2.24, 2.45) is 11.8 Å². The first-order chi connectivity index (χ1) is 18.7. The van der Waals surface area contributed by atoms with Crippen molar-refractivity contribution in [1.29, 1.82) is 0 Å². The predicted octanol–water partition coefficient (Wildman–Crippen LogP) is 10.5. The zero-order valence-corrected chi connectivity index (χ0v) is 22.5. The second-order valence-electron chi connectivity index (χ2n) is 11.7. The molecule has 3 aliphatic rings. The van der Waals surface area contributed by atoms with Gasteiger partial charge in [0.25, 0.3) is 0 Å². The van der Waals surface area contributed by atoms with Crippen molar-refractivity contribution in [2.45, 2.75) is 51.4 Å². The standard InChI is InChI=1S/C38H36/c1-25-23-35-29(27-13-5-3-6-14-27)19-11-21-33(35)37(25)31-17-9-10-18-32(31)38-26(2)24-36-30(20-12-22-34(36)38)28-15-7-4-8-16-28/h3-8,11-16,19-24,31-32,37-38H,9-10,17-18H2,1-2H3. The van der Waals surface area contributed by atoms with Gasteiger partial charge < -0.3 is 0 Å². The predicted molar refractivity (Wildman–Crippen MR) is 162 cm³/mol. The molecule has 0 N–H and O–H groups in total. The summed E-state index contributed by atoms with van der Waals surface area (Å²) in [6, 6.07) is 35.9. The quantitative estimate of drug-likeness (QED) is 0.266. The van der Waals surface area contributed by atoms with Crippen LogP contribution in [0, 0.1) is 11.8 Å². The summed E-state index contributed by atoms with van der Waals surface area (Å²) in [5, 5.41) is 0. The Balaban J connectivity index is 1.29. The summed E-state index contributed by atoms with van der Waals surface area (Å²) < 4.78 is 0. The average molecular weight is 493 g/mol. The van der Waals surface area contributed by atoms with E-state index in [1.165, 1.54) is 59.1 Å². The summed E-state index contributed by atoms with van der Waals surface area (Å²) in [5.74, 6) is 2.39. The number of hydrogen-bond donors (Lipinski definition) is 0. The van der Waals surface area contributed by atoms with E-state index in [1.54, 1.807) is 22.3 Å². The minimum absolute atomic E-state index is 0.521. The third-order valence-corrected chi connectivity index (χ3v) is 9.58. The van der Waals surface area contributed by atoms with Crippen LogP contribution in [-0.2, 0) is 0 Å². The van der Waals surface area contributed by atoms with Crippen molar-refractivity contribution >= 4 is 12.2 Å². The highest BCUT2D eigenvalue weighted by molar-refractivity contribution is 5.83. The topological polar surface area (TPSA) is 0 Å². The molecule has 1 fully saturated rings. The van der Waals surface area contributed by atoms with E-state index in [2.05, 4.69) is 123 Å². The van der Waals surface area contributed by atoms with E-state index in [-0.39, 0.29) is 0 Å². The van der Waals surface area contributed by atoms with Crippen LogP contribution in [0.5, 0.6) is 0 Å². The fourth-order valence-corrected chi connectivity index (χ4v) is 8.05. The maximum atomic E-state index is 2.51. The van der Waals surface area contributed by atoms with Gasteiger partial charge in [-0.3, -0.25) is 0 Å². The molecule has 7 rings (SSSR count). The average Bonchev–Trinajstić information content (AvgIpc) is 3.49. The van der Waals surface area contributed by atoms with Crippen molar-refractivity contribution in [3.63, 3.8) is 0 Å². The van der Waals surface area contributed by atoms with E-state index in [0.29, 0.717) is 23.7 Å². The maximum absolute atomic E-state index is 2.51. The minimum atomic E-state index is 0.521. The van der Waals surface area contributed by atoms with Gasteiger partial charge in [-0.2, -0.15) is 0 Å². The molecule has 4 unspecified atom stereocenters. The molecule has 0 aliphatic heterocycles. The lowest BCUT2D eigenvalue weighted by atomic mass is 9.63. The summed E-state index contributed by atoms with van der Waals surface area (Å²) in [6.07, 6.45) is 10.4. The van der Waals surface area contributed by atoms with Crippen molar-refractivity contribution in [3.8, 4) is 22.3 Å². The number of hydrogen-bond acceptors (Lipinski definition) is 0. The van der Waals surface area contributed by atoms with Crippen LogP contribution < -0.4 is 0 Å². The largest absolute Gasteiger partial charge is 0.0649 e. The minimum Gasteiger partial charge on any atom is -0.0649 e. The molecule has 0 heterocycles. The molecular formula is C38H36. The van der Waals surface area contributed by atoms with Gasteiger partial charge in [-0.15, -0.1) is 0 Å². The highest BCUT2D eigenvalue weighted by Crippen LogP contribution is 2.56. The molecule has 1 saturated carbocycles. The van der Waals surface area contributed by atoms with Crippen LogP contribution in [0.15, 0.2) is 108 Å². The van der Waals surface area contributed by atoms with Crippen LogP contribution in [-0.4, -0.2) is 0 Å². The van der Waals surface area contributed by atoms with Crippen LogP contribution in [0.1, 0.15) is 73.6 Å². The fourth-order valence-electron chi connectivity index (χ4n) is 8.05. The summed E-state index contributed by atoms with van der Waals surface area (Å²) in [5.41, 5.74) is 14.5. The molecule has 0 spiro atoms. The van der Waals surface area contributed by atoms with Gasteiger partial charge >= 0.3 is 0 Å². The smallest absolute Gasteiger partial charge is 0.00861 e. The Labute approximate surface area is 227 Å². The molecule has 0 heteroatoms.